The third-order valence-electron chi connectivity index (χ3n) is 3.81. The Bertz CT molecular complexity index is 371. The molecule has 0 heterocycles. The molecule has 0 rings (SSSR count). The van der Waals surface area contributed by atoms with Crippen molar-refractivity contribution in [2.24, 2.45) is 0 Å². The van der Waals surface area contributed by atoms with Crippen LogP contribution in [0.25, 0.3) is 0 Å². The van der Waals surface area contributed by atoms with E-state index < -0.39 is 40.7 Å². The van der Waals surface area contributed by atoms with Gasteiger partial charge in [0.2, 0.25) is 0 Å². The van der Waals surface area contributed by atoms with Crippen LogP contribution in [-0.4, -0.2) is 46.0 Å². The SMILES string of the molecule is ClS(Cl)(Cl)CCCS(CCCS(Cl)(Cl)Cl)(CCCS(Cl)(Cl)Cl)CCCS(Cl)(Cl)Cl. The molecule has 0 aromatic rings. The van der Waals surface area contributed by atoms with E-state index in [1.165, 1.54) is 0 Å². The Morgan fingerprint density at radius 2 is 0.448 bits per heavy atom. The van der Waals surface area contributed by atoms with Crippen LogP contribution in [0.15, 0.2) is 0 Å². The molecule has 0 saturated carbocycles. The van der Waals surface area contributed by atoms with Crippen LogP contribution in [0.1, 0.15) is 25.7 Å². The van der Waals surface area contributed by atoms with Crippen LogP contribution in [0.4, 0.5) is 0 Å². The van der Waals surface area contributed by atoms with Gasteiger partial charge in [-0.05, 0) is 208 Å². The van der Waals surface area contributed by atoms with Crippen molar-refractivity contribution in [3.05, 3.63) is 0 Å². The van der Waals surface area contributed by atoms with Crippen molar-refractivity contribution >= 4 is 169 Å². The van der Waals surface area contributed by atoms with Crippen molar-refractivity contribution in [2.75, 3.05) is 46.0 Å². The summed E-state index contributed by atoms with van der Waals surface area (Å²) in [5.41, 5.74) is 0. The monoisotopic (exact) mass is 748 g/mol. The first kappa shape index (κ1) is 34.2. The van der Waals surface area contributed by atoms with Crippen molar-refractivity contribution in [3.63, 3.8) is 0 Å². The molecule has 0 radical (unpaired) electrons. The highest BCUT2D eigenvalue weighted by Crippen LogP contribution is 2.67. The Labute approximate surface area is 237 Å². The molecular formula is C12H24Cl12S5. The molecule has 17 heteroatoms. The Morgan fingerprint density at radius 3 is 0.586 bits per heavy atom. The van der Waals surface area contributed by atoms with E-state index in [2.05, 4.69) is 0 Å². The predicted octanol–water partition coefficient (Wildman–Crippen LogP) is 13.4. The second-order valence-electron chi connectivity index (χ2n) is 6.28. The molecule has 0 bridgehead atoms. The van der Waals surface area contributed by atoms with Crippen LogP contribution in [0.3, 0.4) is 0 Å². The maximum atomic E-state index is 6.03. The summed E-state index contributed by atoms with van der Waals surface area (Å²) in [6.07, 6.45) is 3.23. The average molecular weight is 754 g/mol. The van der Waals surface area contributed by atoms with Gasteiger partial charge in [-0.25, -0.2) is 10.0 Å². The molecule has 0 nitrogen and oxygen atoms in total. The maximum Gasteiger partial charge on any atom is 0.0172 e. The van der Waals surface area contributed by atoms with E-state index in [0.717, 1.165) is 48.7 Å². The topological polar surface area (TPSA) is 0 Å². The minimum absolute atomic E-state index is 0.549. The number of rotatable bonds is 16. The summed E-state index contributed by atoms with van der Waals surface area (Å²) < 4.78 is 0. The van der Waals surface area contributed by atoms with E-state index in [0.29, 0.717) is 23.0 Å². The molecule has 0 spiro atoms. The highest BCUT2D eigenvalue weighted by molar-refractivity contribution is 8.80. The fourth-order valence-electron chi connectivity index (χ4n) is 2.73. The maximum absolute atomic E-state index is 6.03. The Kier molecular flexibility index (Phi) is 18.3. The van der Waals surface area contributed by atoms with Gasteiger partial charge in [0.25, 0.3) is 0 Å². The lowest BCUT2D eigenvalue weighted by molar-refractivity contribution is 1.00. The number of halogens is 12. The van der Waals surface area contributed by atoms with Gasteiger partial charge in [0.1, 0.15) is 0 Å². The van der Waals surface area contributed by atoms with Gasteiger partial charge in [-0.15, -0.1) is 0 Å². The van der Waals surface area contributed by atoms with Crippen LogP contribution < -0.4 is 0 Å². The lowest BCUT2D eigenvalue weighted by atomic mass is 10.5. The number of hydrogen-bond acceptors (Lipinski definition) is 0. The van der Waals surface area contributed by atoms with E-state index in [-0.39, 0.29) is 0 Å². The molecule has 0 unspecified atom stereocenters. The second kappa shape index (κ2) is 15.5. The van der Waals surface area contributed by atoms with Crippen molar-refractivity contribution in [2.45, 2.75) is 25.7 Å². The van der Waals surface area contributed by atoms with Gasteiger partial charge in [0.15, 0.2) is 0 Å². The van der Waals surface area contributed by atoms with E-state index in [4.69, 9.17) is 128 Å². The van der Waals surface area contributed by atoms with Gasteiger partial charge in [0, 0.05) is 23.0 Å². The molecule has 0 atom stereocenters. The van der Waals surface area contributed by atoms with Crippen LogP contribution in [0, 0.1) is 0 Å². The summed E-state index contributed by atoms with van der Waals surface area (Å²) in [5, 5.41) is 0. The van der Waals surface area contributed by atoms with Crippen LogP contribution in [0.5, 0.6) is 0 Å². The molecule has 0 aromatic carbocycles. The van der Waals surface area contributed by atoms with Gasteiger partial charge < -0.3 is 0 Å². The van der Waals surface area contributed by atoms with Crippen LogP contribution >= 0.6 is 169 Å². The fourth-order valence-corrected chi connectivity index (χ4v) is 13.5. The predicted molar refractivity (Wildman–Crippen MR) is 166 cm³/mol. The molecule has 0 N–H and O–H groups in total. The smallest absolute Gasteiger partial charge is 0.0172 e. The van der Waals surface area contributed by atoms with E-state index in [9.17, 15) is 0 Å². The molecule has 0 aliphatic heterocycles. The van der Waals surface area contributed by atoms with Crippen LogP contribution in [0.2, 0.25) is 0 Å². The lowest BCUT2D eigenvalue weighted by Crippen LogP contribution is -2.20. The second-order valence-corrected chi connectivity index (χ2v) is 40.7. The molecule has 29 heavy (non-hydrogen) atoms. The summed E-state index contributed by atoms with van der Waals surface area (Å²) in [4.78, 5) is 0. The first-order valence-electron chi connectivity index (χ1n) is 8.16. The van der Waals surface area contributed by atoms with E-state index >= 15 is 0 Å². The summed E-state index contributed by atoms with van der Waals surface area (Å²) in [5.74, 6) is 5.95. The average Bonchev–Trinajstić information content (AvgIpc) is 2.41. The van der Waals surface area contributed by atoms with Crippen LogP contribution in [-0.2, 0) is 0 Å². The third-order valence-corrected chi connectivity index (χ3v) is 17.0. The molecule has 0 saturated heterocycles. The van der Waals surface area contributed by atoms with Crippen molar-refractivity contribution in [3.8, 4) is 0 Å². The highest BCUT2D eigenvalue weighted by atomic mass is 36.2. The molecular weight excluding hydrogens is 730 g/mol. The van der Waals surface area contributed by atoms with E-state index in [1.807, 2.05) is 0 Å². The Hall–Kier alpha value is 5.23. The highest BCUT2D eigenvalue weighted by Gasteiger charge is 2.28. The zero-order chi connectivity index (χ0) is 23.0. The van der Waals surface area contributed by atoms with Gasteiger partial charge in [-0.2, -0.15) is 0 Å². The third kappa shape index (κ3) is 23.4. The summed E-state index contributed by atoms with van der Waals surface area (Å²) in [7, 11) is 62.7. The zero-order valence-electron chi connectivity index (χ0n) is 15.1. The van der Waals surface area contributed by atoms with Gasteiger partial charge in [-0.3, -0.25) is 0 Å². The normalized spacial score (nSPS) is 17.2. The quantitative estimate of drug-likeness (QED) is 0.147. The van der Waals surface area contributed by atoms with Crippen molar-refractivity contribution < 1.29 is 0 Å². The standard InChI is InChI=1S/C12H24Cl12S5/c13-26(14,15)9-1-5-25(6-2-10-27(16,17)18,7-3-11-28(19,20)21)8-4-12-29(22,23)24/h1-12H2. The molecule has 0 aliphatic rings. The first-order chi connectivity index (χ1) is 12.8. The van der Waals surface area contributed by atoms with E-state index in [1.54, 1.807) is 0 Å². The summed E-state index contributed by atoms with van der Waals surface area (Å²) >= 11 is 0. The van der Waals surface area contributed by atoms with Gasteiger partial charge in [0.05, 0.1) is 0 Å². The zero-order valence-corrected chi connectivity index (χ0v) is 28.2. The Balaban J connectivity index is 5.26. The van der Waals surface area contributed by atoms with Crippen molar-refractivity contribution in [1.82, 2.24) is 0 Å². The molecule has 0 amide bonds. The number of hydrogen-bond donors (Lipinski definition) is 0. The minimum Gasteiger partial charge on any atom is -0.241 e. The van der Waals surface area contributed by atoms with Crippen molar-refractivity contribution in [1.29, 1.82) is 0 Å². The first-order valence-corrected chi connectivity index (χ1v) is 27.6. The molecule has 186 valence electrons. The Morgan fingerprint density at radius 1 is 0.276 bits per heavy atom. The molecule has 0 aliphatic carbocycles. The minimum atomic E-state index is -2.13. The lowest BCUT2D eigenvalue weighted by Gasteiger charge is -2.42. The largest absolute Gasteiger partial charge is 0.241 e. The summed E-state index contributed by atoms with van der Waals surface area (Å²) in [6, 6.07) is 0. The molecule has 0 aromatic heterocycles. The molecule has 0 fully saturated rings. The fraction of sp³-hybridized carbons (Fsp3) is 1.00. The van der Waals surface area contributed by atoms with Gasteiger partial charge >= 0.3 is 0 Å². The summed E-state index contributed by atoms with van der Waals surface area (Å²) in [6.45, 7) is 0. The van der Waals surface area contributed by atoms with Gasteiger partial charge in [-0.1, -0.05) is 0 Å².